The molecule has 0 fully saturated rings. The first-order chi connectivity index (χ1) is 9.04. The molecule has 1 aromatic rings. The van der Waals surface area contributed by atoms with Gasteiger partial charge in [0, 0.05) is 6.42 Å². The summed E-state index contributed by atoms with van der Waals surface area (Å²) in [5.74, 6) is -0.0622. The number of amides is 1. The van der Waals surface area contributed by atoms with E-state index in [1.54, 1.807) is 12.1 Å². The molecule has 0 aliphatic carbocycles. The number of nitrogens with zero attached hydrogens (tertiary/aromatic N) is 1. The maximum absolute atomic E-state index is 11.5. The first-order valence-electron chi connectivity index (χ1n) is 6.33. The molecule has 0 radical (unpaired) electrons. The highest BCUT2D eigenvalue weighted by molar-refractivity contribution is 6.42. The van der Waals surface area contributed by atoms with Crippen LogP contribution in [0.25, 0.3) is 0 Å². The van der Waals surface area contributed by atoms with Crippen LogP contribution in [0.1, 0.15) is 45.1 Å². The van der Waals surface area contributed by atoms with Crippen LogP contribution >= 0.6 is 23.2 Å². The molecular weight excluding hydrogens is 283 g/mol. The summed E-state index contributed by atoms with van der Waals surface area (Å²) in [4.78, 5) is 11.5. The van der Waals surface area contributed by atoms with Crippen molar-refractivity contribution in [3.05, 3.63) is 33.8 Å². The second-order valence-electron chi connectivity index (χ2n) is 4.32. The van der Waals surface area contributed by atoms with E-state index in [2.05, 4.69) is 17.5 Å². The van der Waals surface area contributed by atoms with Crippen molar-refractivity contribution in [3.63, 3.8) is 0 Å². The number of benzene rings is 1. The Balaban J connectivity index is 2.56. The minimum atomic E-state index is -0.0622. The second kappa shape index (κ2) is 8.18. The molecule has 0 aliphatic heterocycles. The van der Waals surface area contributed by atoms with Gasteiger partial charge in [0.05, 0.1) is 15.8 Å². The molecule has 1 rings (SSSR count). The number of rotatable bonds is 6. The van der Waals surface area contributed by atoms with Gasteiger partial charge in [-0.05, 0) is 31.0 Å². The lowest BCUT2D eigenvalue weighted by Crippen LogP contribution is -2.18. The van der Waals surface area contributed by atoms with E-state index < -0.39 is 0 Å². The standard InChI is InChI=1S/C14H18Cl2N2O/c1-3-4-5-6-14(19)18-17-10(2)11-7-8-12(15)13(16)9-11/h7-9H,3-6H2,1-2H3,(H,18,19). The van der Waals surface area contributed by atoms with E-state index in [9.17, 15) is 4.79 Å². The molecule has 5 heteroatoms. The third-order valence-electron chi connectivity index (χ3n) is 2.69. The van der Waals surface area contributed by atoms with Gasteiger partial charge in [0.2, 0.25) is 5.91 Å². The van der Waals surface area contributed by atoms with E-state index >= 15 is 0 Å². The van der Waals surface area contributed by atoms with Crippen molar-refractivity contribution in [3.8, 4) is 0 Å². The molecule has 0 heterocycles. The lowest BCUT2D eigenvalue weighted by atomic mass is 10.1. The highest BCUT2D eigenvalue weighted by atomic mass is 35.5. The number of carbonyl (C=O) groups excluding carboxylic acids is 1. The molecule has 19 heavy (non-hydrogen) atoms. The normalized spacial score (nSPS) is 11.5. The second-order valence-corrected chi connectivity index (χ2v) is 5.13. The van der Waals surface area contributed by atoms with E-state index in [0.29, 0.717) is 22.2 Å². The van der Waals surface area contributed by atoms with Crippen LogP contribution in [0, 0.1) is 0 Å². The van der Waals surface area contributed by atoms with Crippen LogP contribution < -0.4 is 5.43 Å². The van der Waals surface area contributed by atoms with Gasteiger partial charge in [0.25, 0.3) is 0 Å². The third-order valence-corrected chi connectivity index (χ3v) is 3.43. The molecule has 104 valence electrons. The summed E-state index contributed by atoms with van der Waals surface area (Å²) >= 11 is 11.8. The van der Waals surface area contributed by atoms with Gasteiger partial charge < -0.3 is 0 Å². The van der Waals surface area contributed by atoms with E-state index in [4.69, 9.17) is 23.2 Å². The quantitative estimate of drug-likeness (QED) is 0.472. The molecule has 0 bridgehead atoms. The zero-order valence-corrected chi connectivity index (χ0v) is 12.7. The molecule has 1 N–H and O–H groups in total. The zero-order valence-electron chi connectivity index (χ0n) is 11.2. The predicted octanol–water partition coefficient (Wildman–Crippen LogP) is 4.41. The van der Waals surface area contributed by atoms with Crippen LogP contribution in [0.2, 0.25) is 10.0 Å². The summed E-state index contributed by atoms with van der Waals surface area (Å²) in [6, 6.07) is 5.25. The lowest BCUT2D eigenvalue weighted by Gasteiger charge is -2.04. The molecule has 0 aliphatic rings. The number of carbonyl (C=O) groups is 1. The first-order valence-corrected chi connectivity index (χ1v) is 7.08. The molecule has 0 saturated carbocycles. The van der Waals surface area contributed by atoms with Gasteiger partial charge in [-0.25, -0.2) is 5.43 Å². The summed E-state index contributed by atoms with van der Waals surface area (Å²) < 4.78 is 0. The zero-order chi connectivity index (χ0) is 14.3. The van der Waals surface area contributed by atoms with Crippen molar-refractivity contribution >= 4 is 34.8 Å². The Morgan fingerprint density at radius 3 is 2.63 bits per heavy atom. The van der Waals surface area contributed by atoms with Gasteiger partial charge >= 0.3 is 0 Å². The first kappa shape index (κ1) is 16.0. The summed E-state index contributed by atoms with van der Waals surface area (Å²) in [5.41, 5.74) is 4.08. The fourth-order valence-electron chi connectivity index (χ4n) is 1.52. The summed E-state index contributed by atoms with van der Waals surface area (Å²) in [5, 5.41) is 5.04. The van der Waals surface area contributed by atoms with E-state index in [1.807, 2.05) is 13.0 Å². The minimum Gasteiger partial charge on any atom is -0.273 e. The van der Waals surface area contributed by atoms with Crippen molar-refractivity contribution in [2.24, 2.45) is 5.10 Å². The molecule has 1 amide bonds. The molecule has 1 aromatic carbocycles. The van der Waals surface area contributed by atoms with E-state index in [1.165, 1.54) is 0 Å². The van der Waals surface area contributed by atoms with Crippen LogP contribution in [-0.4, -0.2) is 11.6 Å². The molecule has 0 unspecified atom stereocenters. The van der Waals surface area contributed by atoms with Gasteiger partial charge in [0.15, 0.2) is 0 Å². The maximum atomic E-state index is 11.5. The minimum absolute atomic E-state index is 0.0622. The summed E-state index contributed by atoms with van der Waals surface area (Å²) in [6.45, 7) is 3.91. The smallest absolute Gasteiger partial charge is 0.240 e. The lowest BCUT2D eigenvalue weighted by molar-refractivity contribution is -0.121. The van der Waals surface area contributed by atoms with Gasteiger partial charge in [-0.1, -0.05) is 49.0 Å². The topological polar surface area (TPSA) is 41.5 Å². The Bertz CT molecular complexity index is 473. The number of hydrazone groups is 1. The molecule has 0 aromatic heterocycles. The average Bonchev–Trinajstić information content (AvgIpc) is 2.39. The van der Waals surface area contributed by atoms with Gasteiger partial charge in [-0.2, -0.15) is 5.10 Å². The van der Waals surface area contributed by atoms with Crippen LogP contribution in [0.3, 0.4) is 0 Å². The predicted molar refractivity (Wildman–Crippen MR) is 81.0 cm³/mol. The largest absolute Gasteiger partial charge is 0.273 e. The Hall–Kier alpha value is -1.06. The number of hydrogen-bond donors (Lipinski definition) is 1. The number of unbranched alkanes of at least 4 members (excludes halogenated alkanes) is 2. The Kier molecular flexibility index (Phi) is 6.89. The maximum Gasteiger partial charge on any atom is 0.240 e. The van der Waals surface area contributed by atoms with Crippen molar-refractivity contribution in [2.75, 3.05) is 0 Å². The van der Waals surface area contributed by atoms with Crippen molar-refractivity contribution < 1.29 is 4.79 Å². The number of nitrogens with one attached hydrogen (secondary N) is 1. The Labute approximate surface area is 124 Å². The highest BCUT2D eigenvalue weighted by Crippen LogP contribution is 2.22. The van der Waals surface area contributed by atoms with Crippen molar-refractivity contribution in [1.82, 2.24) is 5.43 Å². The highest BCUT2D eigenvalue weighted by Gasteiger charge is 2.03. The van der Waals surface area contributed by atoms with Gasteiger partial charge in [0.1, 0.15) is 0 Å². The Morgan fingerprint density at radius 1 is 1.26 bits per heavy atom. The van der Waals surface area contributed by atoms with Crippen LogP contribution in [-0.2, 0) is 4.79 Å². The monoisotopic (exact) mass is 300 g/mol. The summed E-state index contributed by atoms with van der Waals surface area (Å²) in [7, 11) is 0. The van der Waals surface area contributed by atoms with Gasteiger partial charge in [-0.3, -0.25) is 4.79 Å². The fourth-order valence-corrected chi connectivity index (χ4v) is 1.82. The number of hydrogen-bond acceptors (Lipinski definition) is 2. The molecule has 3 nitrogen and oxygen atoms in total. The third kappa shape index (κ3) is 5.62. The van der Waals surface area contributed by atoms with Crippen molar-refractivity contribution in [1.29, 1.82) is 0 Å². The average molecular weight is 301 g/mol. The Morgan fingerprint density at radius 2 is 2.00 bits per heavy atom. The number of halogens is 2. The fraction of sp³-hybridized carbons (Fsp3) is 0.429. The molecule has 0 saturated heterocycles. The summed E-state index contributed by atoms with van der Waals surface area (Å²) in [6.07, 6.45) is 3.55. The van der Waals surface area contributed by atoms with E-state index in [-0.39, 0.29) is 5.91 Å². The van der Waals surface area contributed by atoms with E-state index in [0.717, 1.165) is 24.8 Å². The van der Waals surface area contributed by atoms with Crippen molar-refractivity contribution in [2.45, 2.75) is 39.5 Å². The van der Waals surface area contributed by atoms with Gasteiger partial charge in [-0.15, -0.1) is 0 Å². The van der Waals surface area contributed by atoms with Crippen LogP contribution in [0.5, 0.6) is 0 Å². The molecule has 0 spiro atoms. The van der Waals surface area contributed by atoms with Crippen LogP contribution in [0.15, 0.2) is 23.3 Å². The molecular formula is C14H18Cl2N2O. The van der Waals surface area contributed by atoms with Crippen LogP contribution in [0.4, 0.5) is 0 Å². The SMILES string of the molecule is CCCCCC(=O)NN=C(C)c1ccc(Cl)c(Cl)c1. The molecule has 0 atom stereocenters.